The second-order valence-corrected chi connectivity index (χ2v) is 6.20. The molecule has 3 amide bonds. The number of carbonyl (C=O) groups is 3. The number of nitrogens with zero attached hydrogens (tertiary/aromatic N) is 1. The maximum Gasteiger partial charge on any atom is 0.294 e. The van der Waals surface area contributed by atoms with E-state index in [0.29, 0.717) is 0 Å². The first-order valence-corrected chi connectivity index (χ1v) is 8.21. The van der Waals surface area contributed by atoms with Crippen molar-refractivity contribution in [2.24, 2.45) is 0 Å². The third kappa shape index (κ3) is 3.95. The van der Waals surface area contributed by atoms with Gasteiger partial charge in [0.15, 0.2) is 0 Å². The van der Waals surface area contributed by atoms with Gasteiger partial charge in [-0.3, -0.25) is 19.3 Å². The fourth-order valence-corrected chi connectivity index (χ4v) is 3.07. The summed E-state index contributed by atoms with van der Waals surface area (Å²) in [6.07, 6.45) is 1.60. The van der Waals surface area contributed by atoms with E-state index in [1.807, 2.05) is 18.2 Å². The van der Waals surface area contributed by atoms with Gasteiger partial charge in [0.25, 0.3) is 11.1 Å². The van der Waals surface area contributed by atoms with Crippen molar-refractivity contribution in [3.63, 3.8) is 0 Å². The van der Waals surface area contributed by atoms with Gasteiger partial charge >= 0.3 is 0 Å². The van der Waals surface area contributed by atoms with Crippen molar-refractivity contribution in [1.29, 1.82) is 0 Å². The van der Waals surface area contributed by atoms with Gasteiger partial charge in [-0.2, -0.15) is 0 Å². The van der Waals surface area contributed by atoms with Crippen molar-refractivity contribution in [1.82, 2.24) is 4.90 Å². The molecule has 0 aliphatic carbocycles. The lowest BCUT2D eigenvalue weighted by Gasteiger charge is -2.12. The van der Waals surface area contributed by atoms with E-state index in [0.717, 1.165) is 22.2 Å². The number of hydrogen-bond donors (Lipinski definition) is 1. The summed E-state index contributed by atoms with van der Waals surface area (Å²) in [5.41, 5.74) is 0.781. The second-order valence-electron chi connectivity index (χ2n) is 5.21. The maximum absolute atomic E-state index is 13.5. The zero-order valence-corrected chi connectivity index (χ0v) is 13.8. The zero-order valence-electron chi connectivity index (χ0n) is 12.9. The molecule has 0 saturated carbocycles. The summed E-state index contributed by atoms with van der Waals surface area (Å²) in [6, 6.07) is 14.8. The molecule has 2 aromatic carbocycles. The van der Waals surface area contributed by atoms with Crippen molar-refractivity contribution in [3.8, 4) is 0 Å². The molecule has 25 heavy (non-hydrogen) atoms. The number of rotatable bonds is 4. The van der Waals surface area contributed by atoms with Gasteiger partial charge in [-0.25, -0.2) is 4.39 Å². The van der Waals surface area contributed by atoms with E-state index in [2.05, 4.69) is 5.32 Å². The Bertz CT molecular complexity index is 868. The Morgan fingerprint density at radius 1 is 1.08 bits per heavy atom. The smallest absolute Gasteiger partial charge is 0.294 e. The topological polar surface area (TPSA) is 66.5 Å². The summed E-state index contributed by atoms with van der Waals surface area (Å²) < 4.78 is 13.5. The first-order chi connectivity index (χ1) is 12.0. The lowest BCUT2D eigenvalue weighted by atomic mass is 10.2. The molecule has 0 unspecified atom stereocenters. The molecule has 0 radical (unpaired) electrons. The minimum atomic E-state index is -0.645. The van der Waals surface area contributed by atoms with E-state index in [4.69, 9.17) is 0 Å². The molecule has 3 rings (SSSR count). The van der Waals surface area contributed by atoms with Crippen LogP contribution in [0.5, 0.6) is 0 Å². The van der Waals surface area contributed by atoms with Crippen molar-refractivity contribution in [2.75, 3.05) is 11.9 Å². The first kappa shape index (κ1) is 16.9. The summed E-state index contributed by atoms with van der Waals surface area (Å²) in [5.74, 6) is -1.77. The van der Waals surface area contributed by atoms with E-state index in [1.54, 1.807) is 24.3 Å². The molecule has 0 bridgehead atoms. The summed E-state index contributed by atoms with van der Waals surface area (Å²) in [6.45, 7) is -0.467. The lowest BCUT2D eigenvalue weighted by Crippen LogP contribution is -2.36. The van der Waals surface area contributed by atoms with Crippen LogP contribution in [0.25, 0.3) is 6.08 Å². The van der Waals surface area contributed by atoms with Crippen LogP contribution in [0.2, 0.25) is 0 Å². The number of hydrogen-bond acceptors (Lipinski definition) is 4. The normalized spacial score (nSPS) is 15.7. The third-order valence-corrected chi connectivity index (χ3v) is 4.33. The van der Waals surface area contributed by atoms with Crippen LogP contribution in [0, 0.1) is 5.82 Å². The molecular weight excluding hydrogens is 343 g/mol. The van der Waals surface area contributed by atoms with Gasteiger partial charge in [0.05, 0.1) is 10.6 Å². The monoisotopic (exact) mass is 356 g/mol. The molecule has 5 nitrogen and oxygen atoms in total. The quantitative estimate of drug-likeness (QED) is 0.852. The second kappa shape index (κ2) is 7.31. The molecular formula is C18H13FN2O3S. The number of thioether (sulfide) groups is 1. The predicted molar refractivity (Wildman–Crippen MR) is 94.1 cm³/mol. The SMILES string of the molecule is O=C(CN1C(=O)S/C(=C/c2ccccc2)C1=O)Nc1ccccc1F. The Morgan fingerprint density at radius 2 is 1.76 bits per heavy atom. The lowest BCUT2D eigenvalue weighted by molar-refractivity contribution is -0.127. The van der Waals surface area contributed by atoms with Gasteiger partial charge < -0.3 is 5.32 Å². The highest BCUT2D eigenvalue weighted by molar-refractivity contribution is 8.18. The van der Waals surface area contributed by atoms with Gasteiger partial charge in [0, 0.05) is 0 Å². The largest absolute Gasteiger partial charge is 0.322 e. The Balaban J connectivity index is 1.70. The number of nitrogens with one attached hydrogen (secondary N) is 1. The standard InChI is InChI=1S/C18H13FN2O3S/c19-13-8-4-5-9-14(13)20-16(22)11-21-17(23)15(25-18(21)24)10-12-6-2-1-3-7-12/h1-10H,11H2,(H,20,22)/b15-10+. The van der Waals surface area contributed by atoms with Crippen LogP contribution in [0.4, 0.5) is 14.9 Å². The molecule has 1 saturated heterocycles. The Morgan fingerprint density at radius 3 is 2.48 bits per heavy atom. The van der Waals surface area contributed by atoms with Crippen molar-refractivity contribution < 1.29 is 18.8 Å². The fraction of sp³-hybridized carbons (Fsp3) is 0.0556. The van der Waals surface area contributed by atoms with E-state index < -0.39 is 29.4 Å². The van der Waals surface area contributed by atoms with Crippen LogP contribution in [0.15, 0.2) is 59.5 Å². The van der Waals surface area contributed by atoms with Crippen LogP contribution in [0.3, 0.4) is 0 Å². The van der Waals surface area contributed by atoms with Crippen molar-refractivity contribution >= 4 is 40.6 Å². The third-order valence-electron chi connectivity index (χ3n) is 3.42. The number of imide groups is 1. The molecule has 1 fully saturated rings. The van der Waals surface area contributed by atoms with Gasteiger partial charge in [-0.05, 0) is 35.5 Å². The molecule has 0 aromatic heterocycles. The van der Waals surface area contributed by atoms with Gasteiger partial charge in [0.1, 0.15) is 12.4 Å². The van der Waals surface area contributed by atoms with Crippen molar-refractivity contribution in [2.45, 2.75) is 0 Å². The number of para-hydroxylation sites is 1. The number of benzene rings is 2. The molecule has 7 heteroatoms. The molecule has 1 N–H and O–H groups in total. The van der Waals surface area contributed by atoms with E-state index >= 15 is 0 Å². The molecule has 0 spiro atoms. The highest BCUT2D eigenvalue weighted by Crippen LogP contribution is 2.32. The van der Waals surface area contributed by atoms with E-state index in [9.17, 15) is 18.8 Å². The highest BCUT2D eigenvalue weighted by Gasteiger charge is 2.36. The van der Waals surface area contributed by atoms with Crippen LogP contribution in [-0.4, -0.2) is 28.5 Å². The number of carbonyl (C=O) groups excluding carboxylic acids is 3. The fourth-order valence-electron chi connectivity index (χ4n) is 2.23. The summed E-state index contributed by atoms with van der Waals surface area (Å²) in [5, 5.41) is 1.82. The van der Waals surface area contributed by atoms with Crippen LogP contribution < -0.4 is 5.32 Å². The predicted octanol–water partition coefficient (Wildman–Crippen LogP) is 3.50. The van der Waals surface area contributed by atoms with E-state index in [-0.39, 0.29) is 10.6 Å². The minimum Gasteiger partial charge on any atom is -0.322 e. The Kier molecular flexibility index (Phi) is 4.95. The van der Waals surface area contributed by atoms with E-state index in [1.165, 1.54) is 18.2 Å². The Hall–Kier alpha value is -2.93. The summed E-state index contributed by atoms with van der Waals surface area (Å²) >= 11 is 0.773. The zero-order chi connectivity index (χ0) is 17.8. The van der Waals surface area contributed by atoms with Crippen LogP contribution >= 0.6 is 11.8 Å². The molecule has 2 aromatic rings. The average Bonchev–Trinajstić information content (AvgIpc) is 2.85. The van der Waals surface area contributed by atoms with Gasteiger partial charge in [-0.15, -0.1) is 0 Å². The molecule has 0 atom stereocenters. The molecule has 1 heterocycles. The summed E-state index contributed by atoms with van der Waals surface area (Å²) in [4.78, 5) is 37.5. The maximum atomic E-state index is 13.5. The first-order valence-electron chi connectivity index (χ1n) is 7.39. The average molecular weight is 356 g/mol. The van der Waals surface area contributed by atoms with Crippen molar-refractivity contribution in [3.05, 3.63) is 70.9 Å². The number of halogens is 1. The Labute approximate surface area is 147 Å². The molecule has 1 aliphatic rings. The highest BCUT2D eigenvalue weighted by atomic mass is 32.2. The number of anilines is 1. The molecule has 126 valence electrons. The minimum absolute atomic E-state index is 0.000649. The molecule has 1 aliphatic heterocycles. The van der Waals surface area contributed by atoms with Gasteiger partial charge in [-0.1, -0.05) is 42.5 Å². The van der Waals surface area contributed by atoms with Crippen LogP contribution in [-0.2, 0) is 9.59 Å². The van der Waals surface area contributed by atoms with Crippen LogP contribution in [0.1, 0.15) is 5.56 Å². The van der Waals surface area contributed by atoms with Gasteiger partial charge in [0.2, 0.25) is 5.91 Å². The summed E-state index contributed by atoms with van der Waals surface area (Å²) in [7, 11) is 0. The number of amides is 3.